The maximum Gasteiger partial charge on any atom is 0.229 e. The van der Waals surface area contributed by atoms with Crippen molar-refractivity contribution < 1.29 is 4.79 Å². The van der Waals surface area contributed by atoms with Crippen LogP contribution in [0.2, 0.25) is 0 Å². The number of amides is 1. The molecule has 0 spiro atoms. The minimum Gasteiger partial charge on any atom is -0.368 e. The Kier molecular flexibility index (Phi) is 8.74. The highest BCUT2D eigenvalue weighted by Crippen LogP contribution is 2.29. The van der Waals surface area contributed by atoms with Crippen LogP contribution in [0.25, 0.3) is 17.1 Å². The molecule has 1 saturated heterocycles. The van der Waals surface area contributed by atoms with E-state index in [1.807, 2.05) is 11.1 Å². The standard InChI is InChI=1S/C35H43N7O/c1-4-31(5-2)42-33(24-36-15-14-26-20-27-8-6-7-9-28(27)21-26)22-29-23-37-35(39-34(29)42)38-30-10-12-32(13-11-30)41-18-16-40(17-19-41)25(3)43/h6-13,20,22-23,31,36H,4-5,14-19,21,24H2,1-3H3,(H,37,38,39). The molecule has 2 aromatic heterocycles. The number of carbonyl (C=O) groups is 1. The van der Waals surface area contributed by atoms with Crippen molar-refractivity contribution in [3.05, 3.63) is 83.2 Å². The van der Waals surface area contributed by atoms with Gasteiger partial charge in [0.1, 0.15) is 5.65 Å². The largest absolute Gasteiger partial charge is 0.368 e. The number of rotatable bonds is 11. The maximum absolute atomic E-state index is 11.7. The van der Waals surface area contributed by atoms with Gasteiger partial charge in [0.2, 0.25) is 11.9 Å². The molecule has 2 aromatic carbocycles. The molecule has 43 heavy (non-hydrogen) atoms. The van der Waals surface area contributed by atoms with Crippen molar-refractivity contribution in [1.29, 1.82) is 0 Å². The summed E-state index contributed by atoms with van der Waals surface area (Å²) in [4.78, 5) is 25.6. The first-order valence-corrected chi connectivity index (χ1v) is 15.7. The van der Waals surface area contributed by atoms with Gasteiger partial charge in [-0.2, -0.15) is 4.98 Å². The Bertz CT molecular complexity index is 1590. The van der Waals surface area contributed by atoms with Crippen molar-refractivity contribution in [2.75, 3.05) is 42.9 Å². The highest BCUT2D eigenvalue weighted by molar-refractivity contribution is 5.78. The summed E-state index contributed by atoms with van der Waals surface area (Å²) in [5.74, 6) is 0.756. The van der Waals surface area contributed by atoms with Crippen LogP contribution in [-0.4, -0.2) is 58.1 Å². The summed E-state index contributed by atoms with van der Waals surface area (Å²) in [6.07, 6.45) is 8.52. The van der Waals surface area contributed by atoms with Gasteiger partial charge in [-0.15, -0.1) is 0 Å². The van der Waals surface area contributed by atoms with E-state index in [-0.39, 0.29) is 5.91 Å². The summed E-state index contributed by atoms with van der Waals surface area (Å²) < 4.78 is 2.42. The van der Waals surface area contributed by atoms with Crippen molar-refractivity contribution in [3.8, 4) is 0 Å². The van der Waals surface area contributed by atoms with Crippen LogP contribution >= 0.6 is 0 Å². The lowest BCUT2D eigenvalue weighted by molar-refractivity contribution is -0.129. The Labute approximate surface area is 254 Å². The fraction of sp³-hybridized carbons (Fsp3) is 0.400. The smallest absolute Gasteiger partial charge is 0.229 e. The third-order valence-corrected chi connectivity index (χ3v) is 8.94. The Hall–Kier alpha value is -4.17. The lowest BCUT2D eigenvalue weighted by atomic mass is 10.1. The predicted molar refractivity (Wildman–Crippen MR) is 176 cm³/mol. The van der Waals surface area contributed by atoms with Gasteiger partial charge in [-0.25, -0.2) is 4.98 Å². The van der Waals surface area contributed by atoms with Gasteiger partial charge in [-0.05, 0) is 73.7 Å². The Balaban J connectivity index is 1.12. The normalized spacial score (nSPS) is 14.8. The van der Waals surface area contributed by atoms with E-state index in [1.54, 1.807) is 6.92 Å². The van der Waals surface area contributed by atoms with Crippen LogP contribution in [0, 0.1) is 0 Å². The Morgan fingerprint density at radius 2 is 1.77 bits per heavy atom. The maximum atomic E-state index is 11.7. The van der Waals surface area contributed by atoms with Gasteiger partial charge < -0.3 is 25.0 Å². The van der Waals surface area contributed by atoms with Crippen molar-refractivity contribution in [2.45, 2.75) is 59.0 Å². The monoisotopic (exact) mass is 577 g/mol. The number of aromatic nitrogens is 3. The van der Waals surface area contributed by atoms with Crippen LogP contribution in [-0.2, 0) is 17.8 Å². The number of piperazine rings is 1. The number of fused-ring (bicyclic) bond motifs is 2. The zero-order valence-electron chi connectivity index (χ0n) is 25.6. The van der Waals surface area contributed by atoms with E-state index in [9.17, 15) is 4.79 Å². The molecule has 0 unspecified atom stereocenters. The van der Waals surface area contributed by atoms with Gasteiger partial charge in [-0.1, -0.05) is 49.8 Å². The second-order valence-electron chi connectivity index (χ2n) is 11.7. The summed E-state index contributed by atoms with van der Waals surface area (Å²) in [5.41, 5.74) is 8.67. The number of anilines is 3. The lowest BCUT2D eigenvalue weighted by Gasteiger charge is -2.35. The fourth-order valence-corrected chi connectivity index (χ4v) is 6.46. The second kappa shape index (κ2) is 13.0. The molecule has 6 rings (SSSR count). The van der Waals surface area contributed by atoms with Crippen LogP contribution in [0.4, 0.5) is 17.3 Å². The summed E-state index contributed by atoms with van der Waals surface area (Å²) >= 11 is 0. The van der Waals surface area contributed by atoms with Crippen LogP contribution in [0.3, 0.4) is 0 Å². The number of hydrogen-bond donors (Lipinski definition) is 2. The van der Waals surface area contributed by atoms with Gasteiger partial charge in [0.15, 0.2) is 0 Å². The topological polar surface area (TPSA) is 78.3 Å². The molecule has 4 aromatic rings. The molecule has 0 saturated carbocycles. The van der Waals surface area contributed by atoms with Gasteiger partial charge in [-0.3, -0.25) is 4.79 Å². The Morgan fingerprint density at radius 3 is 2.49 bits per heavy atom. The van der Waals surface area contributed by atoms with Crippen LogP contribution < -0.4 is 15.5 Å². The highest BCUT2D eigenvalue weighted by atomic mass is 16.2. The van der Waals surface area contributed by atoms with Crippen LogP contribution in [0.15, 0.2) is 66.4 Å². The molecule has 1 amide bonds. The summed E-state index contributed by atoms with van der Waals surface area (Å²) in [5, 5.41) is 8.20. The molecule has 8 nitrogen and oxygen atoms in total. The van der Waals surface area contributed by atoms with Gasteiger partial charge in [0.25, 0.3) is 0 Å². The predicted octanol–water partition coefficient (Wildman–Crippen LogP) is 6.32. The minimum atomic E-state index is 0.152. The average molecular weight is 578 g/mol. The number of nitrogens with one attached hydrogen (secondary N) is 2. The molecule has 1 fully saturated rings. The van der Waals surface area contributed by atoms with E-state index in [2.05, 4.69) is 99.6 Å². The zero-order chi connectivity index (χ0) is 29.8. The summed E-state index contributed by atoms with van der Waals surface area (Å²) in [7, 11) is 0. The van der Waals surface area contributed by atoms with Crippen molar-refractivity contribution >= 4 is 40.3 Å². The molecular formula is C35H43N7O. The summed E-state index contributed by atoms with van der Waals surface area (Å²) in [6, 6.07) is 19.7. The third-order valence-electron chi connectivity index (χ3n) is 8.94. The molecule has 0 radical (unpaired) electrons. The van der Waals surface area contributed by atoms with E-state index in [4.69, 9.17) is 4.98 Å². The van der Waals surface area contributed by atoms with Crippen molar-refractivity contribution in [2.24, 2.45) is 0 Å². The van der Waals surface area contributed by atoms with Crippen molar-refractivity contribution in [1.82, 2.24) is 24.8 Å². The molecule has 2 N–H and O–H groups in total. The zero-order valence-corrected chi connectivity index (χ0v) is 25.6. The van der Waals surface area contributed by atoms with Crippen LogP contribution in [0.1, 0.15) is 62.9 Å². The third kappa shape index (κ3) is 6.44. The van der Waals surface area contributed by atoms with Gasteiger partial charge >= 0.3 is 0 Å². The summed E-state index contributed by atoms with van der Waals surface area (Å²) in [6.45, 7) is 11.1. The lowest BCUT2D eigenvalue weighted by Crippen LogP contribution is -2.48. The quantitative estimate of drug-likeness (QED) is 0.203. The SMILES string of the molecule is CCC(CC)n1c(CNCCC2=Cc3ccccc3C2)cc2cnc(Nc3ccc(N4CCN(C(C)=O)CC4)cc3)nc21. The van der Waals surface area contributed by atoms with Gasteiger partial charge in [0, 0.05) is 74.3 Å². The first-order valence-electron chi connectivity index (χ1n) is 15.7. The average Bonchev–Trinajstić information content (AvgIpc) is 3.61. The Morgan fingerprint density at radius 1 is 1.00 bits per heavy atom. The highest BCUT2D eigenvalue weighted by Gasteiger charge is 2.20. The van der Waals surface area contributed by atoms with Crippen LogP contribution in [0.5, 0.6) is 0 Å². The first kappa shape index (κ1) is 28.9. The second-order valence-corrected chi connectivity index (χ2v) is 11.7. The molecule has 2 aliphatic rings. The van der Waals surface area contributed by atoms with Gasteiger partial charge in [0.05, 0.1) is 0 Å². The molecule has 1 aliphatic heterocycles. The fourth-order valence-electron chi connectivity index (χ4n) is 6.46. The van der Waals surface area contributed by atoms with E-state index in [0.29, 0.717) is 12.0 Å². The first-order chi connectivity index (χ1) is 21.0. The molecule has 0 bridgehead atoms. The molecule has 3 heterocycles. The molecule has 1 aliphatic carbocycles. The number of hydrogen-bond acceptors (Lipinski definition) is 6. The molecule has 8 heteroatoms. The van der Waals surface area contributed by atoms with E-state index in [0.717, 1.165) is 81.7 Å². The van der Waals surface area contributed by atoms with E-state index >= 15 is 0 Å². The van der Waals surface area contributed by atoms with E-state index < -0.39 is 0 Å². The van der Waals surface area contributed by atoms with Crippen molar-refractivity contribution in [3.63, 3.8) is 0 Å². The minimum absolute atomic E-state index is 0.152. The number of nitrogens with zero attached hydrogens (tertiary/aromatic N) is 5. The molecule has 224 valence electrons. The number of carbonyl (C=O) groups excluding carboxylic acids is 1. The molecule has 0 atom stereocenters. The van der Waals surface area contributed by atoms with E-state index in [1.165, 1.54) is 28.1 Å². The molecular weight excluding hydrogens is 534 g/mol. The number of benzene rings is 2.